The average Bonchev–Trinajstić information content (AvgIpc) is 3.22. The van der Waals surface area contributed by atoms with Crippen molar-refractivity contribution in [3.05, 3.63) is 17.8 Å². The predicted molar refractivity (Wildman–Crippen MR) is 139 cm³/mol. The van der Waals surface area contributed by atoms with E-state index in [1.807, 2.05) is 13.8 Å². The van der Waals surface area contributed by atoms with Crippen molar-refractivity contribution in [2.75, 3.05) is 19.7 Å². The molecule has 0 radical (unpaired) electrons. The summed E-state index contributed by atoms with van der Waals surface area (Å²) in [5.41, 5.74) is 5.15. The molecular weight excluding hydrogens is 442 g/mol. The van der Waals surface area contributed by atoms with Gasteiger partial charge in [0.25, 0.3) is 5.91 Å². The molecule has 8 heteroatoms. The molecular formula is C27H45N5O3. The number of aromatic nitrogens is 2. The zero-order valence-electron chi connectivity index (χ0n) is 22.2. The second kappa shape index (κ2) is 12.1. The van der Waals surface area contributed by atoms with Crippen LogP contribution in [0.2, 0.25) is 0 Å². The molecule has 8 nitrogen and oxygen atoms in total. The summed E-state index contributed by atoms with van der Waals surface area (Å²) in [5.74, 6) is 2.55. The average molecular weight is 488 g/mol. The first-order valence-corrected chi connectivity index (χ1v) is 13.3. The lowest BCUT2D eigenvalue weighted by molar-refractivity contribution is -0.127. The minimum absolute atomic E-state index is 0.105. The van der Waals surface area contributed by atoms with Crippen molar-refractivity contribution in [1.82, 2.24) is 20.4 Å². The van der Waals surface area contributed by atoms with Crippen LogP contribution in [0.25, 0.3) is 6.20 Å². The van der Waals surface area contributed by atoms with E-state index in [4.69, 9.17) is 10.5 Å². The highest BCUT2D eigenvalue weighted by atomic mass is 16.5. The number of nitrogens with one attached hydrogen (secondary N) is 2. The van der Waals surface area contributed by atoms with Gasteiger partial charge in [0, 0.05) is 25.3 Å². The topological polar surface area (TPSA) is 111 Å². The van der Waals surface area contributed by atoms with E-state index >= 15 is 0 Å². The van der Waals surface area contributed by atoms with E-state index in [9.17, 15) is 9.59 Å². The minimum Gasteiger partial charge on any atom is -0.477 e. The fourth-order valence-electron chi connectivity index (χ4n) is 5.34. The number of carbonyl (C=O) groups is 2. The van der Waals surface area contributed by atoms with Gasteiger partial charge in [-0.15, -0.1) is 0 Å². The molecule has 2 bridgehead atoms. The van der Waals surface area contributed by atoms with Gasteiger partial charge in [0.05, 0.1) is 18.2 Å². The van der Waals surface area contributed by atoms with Crippen molar-refractivity contribution in [2.45, 2.75) is 79.2 Å². The maximum absolute atomic E-state index is 13.3. The van der Waals surface area contributed by atoms with Gasteiger partial charge in [-0.1, -0.05) is 39.2 Å². The van der Waals surface area contributed by atoms with Crippen molar-refractivity contribution in [1.29, 1.82) is 0 Å². The van der Waals surface area contributed by atoms with Gasteiger partial charge in [0.1, 0.15) is 5.56 Å². The van der Waals surface area contributed by atoms with E-state index in [0.717, 1.165) is 11.8 Å². The molecule has 3 atom stereocenters. The zero-order chi connectivity index (χ0) is 25.6. The number of carbonyl (C=O) groups excluding carboxylic acids is 2. The van der Waals surface area contributed by atoms with E-state index < -0.39 is 5.41 Å². The summed E-state index contributed by atoms with van der Waals surface area (Å²) in [6.07, 6.45) is 12.8. The smallest absolute Gasteiger partial charge is 0.258 e. The lowest BCUT2D eigenvalue weighted by Gasteiger charge is -2.41. The second-order valence-electron chi connectivity index (χ2n) is 11.5. The molecule has 3 rings (SSSR count). The highest BCUT2D eigenvalue weighted by Gasteiger charge is 2.35. The molecule has 1 heterocycles. The van der Waals surface area contributed by atoms with Gasteiger partial charge < -0.3 is 21.1 Å². The lowest BCUT2D eigenvalue weighted by Crippen LogP contribution is -2.42. The Bertz CT molecular complexity index is 879. The molecule has 3 unspecified atom stereocenters. The summed E-state index contributed by atoms with van der Waals surface area (Å²) in [6.45, 7) is 11.2. The molecule has 2 saturated carbocycles. The third-order valence-electron chi connectivity index (χ3n) is 7.42. The number of hydrogen-bond donors (Lipinski definition) is 3. The Morgan fingerprint density at radius 1 is 1.23 bits per heavy atom. The molecule has 4 N–H and O–H groups in total. The first kappa shape index (κ1) is 27.2. The number of nitrogens with two attached hydrogens (primary N) is 1. The van der Waals surface area contributed by atoms with Crippen LogP contribution < -0.4 is 21.1 Å². The van der Waals surface area contributed by atoms with E-state index in [2.05, 4.69) is 36.5 Å². The number of nitrogens with zero attached hydrogens (tertiary/aromatic N) is 2. The van der Waals surface area contributed by atoms with Crippen LogP contribution in [0.15, 0.2) is 12.3 Å². The van der Waals surface area contributed by atoms with E-state index in [1.54, 1.807) is 23.2 Å². The molecule has 0 aromatic carbocycles. The Hall–Kier alpha value is -2.35. The SMILES string of the molecule is CC(C)COc1c(C(=O)NC(C)C2CC3CCCC(C3)C2)cnn1/C=C/C(C)(C)C(=O)NCCN. The first-order valence-electron chi connectivity index (χ1n) is 13.3. The Balaban J connectivity index is 1.73. The summed E-state index contributed by atoms with van der Waals surface area (Å²) >= 11 is 0. The van der Waals surface area contributed by atoms with Crippen LogP contribution in [0, 0.1) is 29.1 Å². The fraction of sp³-hybridized carbons (Fsp3) is 0.741. The lowest BCUT2D eigenvalue weighted by atomic mass is 9.66. The Morgan fingerprint density at radius 3 is 2.54 bits per heavy atom. The molecule has 1 aromatic heterocycles. The quantitative estimate of drug-likeness (QED) is 0.439. The van der Waals surface area contributed by atoms with Crippen molar-refractivity contribution >= 4 is 18.0 Å². The Morgan fingerprint density at radius 2 is 1.91 bits per heavy atom. The van der Waals surface area contributed by atoms with Crippen LogP contribution in [0.5, 0.6) is 5.88 Å². The molecule has 196 valence electrons. The summed E-state index contributed by atoms with van der Waals surface area (Å²) in [5, 5.41) is 10.5. The molecule has 2 amide bonds. The summed E-state index contributed by atoms with van der Waals surface area (Å²) in [7, 11) is 0. The van der Waals surface area contributed by atoms with Gasteiger partial charge in [-0.05, 0) is 63.7 Å². The van der Waals surface area contributed by atoms with Crippen LogP contribution in [-0.4, -0.2) is 47.3 Å². The number of amides is 2. The van der Waals surface area contributed by atoms with Crippen LogP contribution in [-0.2, 0) is 4.79 Å². The van der Waals surface area contributed by atoms with Crippen molar-refractivity contribution < 1.29 is 14.3 Å². The van der Waals surface area contributed by atoms with Gasteiger partial charge in [-0.3, -0.25) is 9.59 Å². The van der Waals surface area contributed by atoms with E-state index in [-0.39, 0.29) is 23.8 Å². The van der Waals surface area contributed by atoms with Crippen molar-refractivity contribution in [3.63, 3.8) is 0 Å². The first-order chi connectivity index (χ1) is 16.6. The Labute approximate surface area is 210 Å². The largest absolute Gasteiger partial charge is 0.477 e. The van der Waals surface area contributed by atoms with Gasteiger partial charge in [0.2, 0.25) is 11.8 Å². The molecule has 2 fully saturated rings. The minimum atomic E-state index is -0.771. The van der Waals surface area contributed by atoms with Gasteiger partial charge >= 0.3 is 0 Å². The van der Waals surface area contributed by atoms with Crippen LogP contribution in [0.4, 0.5) is 0 Å². The van der Waals surface area contributed by atoms with Crippen LogP contribution >= 0.6 is 0 Å². The predicted octanol–water partition coefficient (Wildman–Crippen LogP) is 3.82. The number of hydrogen-bond acceptors (Lipinski definition) is 5. The van der Waals surface area contributed by atoms with Gasteiger partial charge in [-0.25, -0.2) is 4.68 Å². The van der Waals surface area contributed by atoms with Gasteiger partial charge in [0.15, 0.2) is 0 Å². The fourth-order valence-corrected chi connectivity index (χ4v) is 5.34. The third kappa shape index (κ3) is 7.32. The molecule has 1 aromatic rings. The van der Waals surface area contributed by atoms with Crippen molar-refractivity contribution in [3.8, 4) is 5.88 Å². The second-order valence-corrected chi connectivity index (χ2v) is 11.5. The van der Waals surface area contributed by atoms with E-state index in [0.29, 0.717) is 37.1 Å². The molecule has 0 saturated heterocycles. The number of rotatable bonds is 11. The summed E-state index contributed by atoms with van der Waals surface area (Å²) in [4.78, 5) is 25.8. The normalized spacial score (nSPS) is 23.3. The van der Waals surface area contributed by atoms with Crippen LogP contribution in [0.1, 0.15) is 83.5 Å². The van der Waals surface area contributed by atoms with Crippen LogP contribution in [0.3, 0.4) is 0 Å². The third-order valence-corrected chi connectivity index (χ3v) is 7.42. The highest BCUT2D eigenvalue weighted by Crippen LogP contribution is 2.43. The molecule has 0 spiro atoms. The number of ether oxygens (including phenoxy) is 1. The zero-order valence-corrected chi connectivity index (χ0v) is 22.2. The van der Waals surface area contributed by atoms with Crippen molar-refractivity contribution in [2.24, 2.45) is 34.8 Å². The molecule has 2 aliphatic rings. The maximum Gasteiger partial charge on any atom is 0.258 e. The molecule has 2 aliphatic carbocycles. The number of fused-ring (bicyclic) bond motifs is 2. The Kier molecular flexibility index (Phi) is 9.39. The highest BCUT2D eigenvalue weighted by molar-refractivity contribution is 5.96. The summed E-state index contributed by atoms with van der Waals surface area (Å²) in [6, 6.07) is 0.105. The molecule has 35 heavy (non-hydrogen) atoms. The summed E-state index contributed by atoms with van der Waals surface area (Å²) < 4.78 is 7.59. The van der Waals surface area contributed by atoms with E-state index in [1.165, 1.54) is 38.5 Å². The standard InChI is InChI=1S/C27H45N5O3/c1-18(2)17-35-25-23(16-30-32(25)12-9-27(4,5)26(34)29-11-10-28)24(33)31-19(3)22-14-20-7-6-8-21(13-20)15-22/h9,12,16,18-22H,6-8,10-11,13-15,17,28H2,1-5H3,(H,29,34)(H,31,33)/b12-9+. The molecule has 0 aliphatic heterocycles. The monoisotopic (exact) mass is 487 g/mol. The maximum atomic E-state index is 13.3. The van der Waals surface area contributed by atoms with Gasteiger partial charge in [-0.2, -0.15) is 5.10 Å².